The number of nitrogens with zero attached hydrogens (tertiary/aromatic N) is 3. The summed E-state index contributed by atoms with van der Waals surface area (Å²) in [5.74, 6) is 0. The Morgan fingerprint density at radius 1 is 1.35 bits per heavy atom. The molecular formula is C14H10N4OS. The molecule has 1 aromatic carbocycles. The van der Waals surface area contributed by atoms with Gasteiger partial charge in [-0.15, -0.1) is 0 Å². The largest absolute Gasteiger partial charge is 0.344 e. The molecule has 0 radical (unpaired) electrons. The zero-order chi connectivity index (χ0) is 14.1. The third kappa shape index (κ3) is 1.94. The third-order valence-corrected chi connectivity index (χ3v) is 3.89. The van der Waals surface area contributed by atoms with Gasteiger partial charge in [-0.05, 0) is 35.8 Å². The molecule has 2 aromatic heterocycles. The predicted molar refractivity (Wildman–Crippen MR) is 79.3 cm³/mol. The molecule has 1 N–H and O–H groups in total. The molecule has 98 valence electrons. The van der Waals surface area contributed by atoms with Crippen LogP contribution in [-0.2, 0) is 7.05 Å². The van der Waals surface area contributed by atoms with E-state index in [-0.39, 0.29) is 11.1 Å². The molecule has 20 heavy (non-hydrogen) atoms. The van der Waals surface area contributed by atoms with Crippen molar-refractivity contribution in [3.63, 3.8) is 0 Å². The van der Waals surface area contributed by atoms with Crippen LogP contribution >= 0.6 is 11.5 Å². The number of hydrogen-bond acceptors (Lipinski definition) is 5. The van der Waals surface area contributed by atoms with Crippen LogP contribution in [0.2, 0.25) is 0 Å². The zero-order valence-corrected chi connectivity index (χ0v) is 11.4. The topological polar surface area (TPSA) is 70.7 Å². The number of aromatic nitrogens is 2. The van der Waals surface area contributed by atoms with Gasteiger partial charge in [-0.2, -0.15) is 5.26 Å². The number of rotatable bonds is 2. The van der Waals surface area contributed by atoms with E-state index in [2.05, 4.69) is 10.3 Å². The van der Waals surface area contributed by atoms with Crippen LogP contribution in [-0.4, -0.2) is 8.94 Å². The van der Waals surface area contributed by atoms with Crippen LogP contribution in [0.1, 0.15) is 5.56 Å². The Balaban J connectivity index is 2.13. The number of hydrogen-bond donors (Lipinski definition) is 1. The molecule has 0 spiro atoms. The van der Waals surface area contributed by atoms with Crippen molar-refractivity contribution in [2.24, 2.45) is 7.05 Å². The molecule has 0 fully saturated rings. The van der Waals surface area contributed by atoms with Crippen molar-refractivity contribution in [2.45, 2.75) is 0 Å². The van der Waals surface area contributed by atoms with E-state index in [0.717, 1.165) is 16.6 Å². The smallest absolute Gasteiger partial charge is 0.280 e. The summed E-state index contributed by atoms with van der Waals surface area (Å²) in [6.07, 6.45) is 1.73. The van der Waals surface area contributed by atoms with Crippen LogP contribution in [0.5, 0.6) is 0 Å². The van der Waals surface area contributed by atoms with Gasteiger partial charge in [-0.1, -0.05) is 6.07 Å². The summed E-state index contributed by atoms with van der Waals surface area (Å²) in [5.41, 5.74) is 1.55. The van der Waals surface area contributed by atoms with Crippen molar-refractivity contribution in [1.29, 1.82) is 5.26 Å². The maximum Gasteiger partial charge on any atom is 0.280 e. The number of pyridine rings is 1. The predicted octanol–water partition coefficient (Wildman–Crippen LogP) is 2.61. The lowest BCUT2D eigenvalue weighted by atomic mass is 10.2. The first-order valence-corrected chi connectivity index (χ1v) is 6.69. The fourth-order valence-electron chi connectivity index (χ4n) is 2.00. The fourth-order valence-corrected chi connectivity index (χ4v) is 2.83. The Hall–Kier alpha value is -2.65. The average molecular weight is 282 g/mol. The van der Waals surface area contributed by atoms with Gasteiger partial charge < -0.3 is 5.32 Å². The molecule has 5 nitrogen and oxygen atoms in total. The van der Waals surface area contributed by atoms with Gasteiger partial charge in [0.1, 0.15) is 11.1 Å². The quantitative estimate of drug-likeness (QED) is 0.784. The van der Waals surface area contributed by atoms with Crippen molar-refractivity contribution in [2.75, 3.05) is 5.32 Å². The van der Waals surface area contributed by atoms with Gasteiger partial charge in [-0.25, -0.2) is 0 Å². The summed E-state index contributed by atoms with van der Waals surface area (Å²) in [6.45, 7) is 0. The van der Waals surface area contributed by atoms with Crippen LogP contribution in [0, 0.1) is 11.3 Å². The van der Waals surface area contributed by atoms with E-state index in [9.17, 15) is 4.79 Å². The van der Waals surface area contributed by atoms with Crippen LogP contribution < -0.4 is 10.9 Å². The molecule has 0 aliphatic rings. The van der Waals surface area contributed by atoms with Crippen LogP contribution in [0.3, 0.4) is 0 Å². The lowest BCUT2D eigenvalue weighted by Crippen LogP contribution is -2.11. The zero-order valence-electron chi connectivity index (χ0n) is 10.6. The first-order chi connectivity index (χ1) is 9.70. The fraction of sp³-hybridized carbons (Fsp3) is 0.0714. The summed E-state index contributed by atoms with van der Waals surface area (Å²) < 4.78 is 1.43. The summed E-state index contributed by atoms with van der Waals surface area (Å²) in [7, 11) is 1.64. The van der Waals surface area contributed by atoms with Gasteiger partial charge in [0.2, 0.25) is 0 Å². The highest BCUT2D eigenvalue weighted by Crippen LogP contribution is 2.28. The molecule has 0 amide bonds. The standard InChI is InChI=1S/C14H10N4OS/c1-18-14(19)10(8-15)13(20-18)17-12-6-2-5-11-9(12)4-3-7-16-11/h2-7,17H,1H3. The Morgan fingerprint density at radius 3 is 3.00 bits per heavy atom. The molecule has 0 saturated heterocycles. The summed E-state index contributed by atoms with van der Waals surface area (Å²) in [5, 5.41) is 13.8. The molecule has 6 heteroatoms. The lowest BCUT2D eigenvalue weighted by molar-refractivity contribution is 0.976. The first kappa shape index (κ1) is 12.4. The van der Waals surface area contributed by atoms with Gasteiger partial charge in [0, 0.05) is 24.3 Å². The van der Waals surface area contributed by atoms with Crippen molar-refractivity contribution < 1.29 is 0 Å². The summed E-state index contributed by atoms with van der Waals surface area (Å²) >= 11 is 1.22. The molecule has 0 unspecified atom stereocenters. The molecule has 0 atom stereocenters. The van der Waals surface area contributed by atoms with Crippen molar-refractivity contribution in [3.8, 4) is 6.07 Å². The van der Waals surface area contributed by atoms with Gasteiger partial charge in [0.25, 0.3) is 5.56 Å². The van der Waals surface area contributed by atoms with Crippen molar-refractivity contribution in [3.05, 3.63) is 52.4 Å². The van der Waals surface area contributed by atoms with Gasteiger partial charge in [0.05, 0.1) is 5.52 Å². The molecule has 3 rings (SSSR count). The van der Waals surface area contributed by atoms with Gasteiger partial charge in [0.15, 0.2) is 5.56 Å². The second-order valence-corrected chi connectivity index (χ2v) is 5.35. The third-order valence-electron chi connectivity index (χ3n) is 2.96. The molecule has 3 aromatic rings. The van der Waals surface area contributed by atoms with E-state index in [1.165, 1.54) is 15.5 Å². The van der Waals surface area contributed by atoms with E-state index < -0.39 is 0 Å². The van der Waals surface area contributed by atoms with Crippen LogP contribution in [0.4, 0.5) is 10.7 Å². The minimum atomic E-state index is -0.279. The molecule has 0 aliphatic heterocycles. The Kier molecular flexibility index (Phi) is 2.97. The maximum atomic E-state index is 11.8. The minimum absolute atomic E-state index is 0.137. The first-order valence-electron chi connectivity index (χ1n) is 5.92. The number of anilines is 2. The highest BCUT2D eigenvalue weighted by Gasteiger charge is 2.13. The van der Waals surface area contributed by atoms with E-state index in [1.807, 2.05) is 36.4 Å². The highest BCUT2D eigenvalue weighted by molar-refractivity contribution is 7.11. The molecular weight excluding hydrogens is 272 g/mol. The van der Waals surface area contributed by atoms with E-state index in [4.69, 9.17) is 5.26 Å². The van der Waals surface area contributed by atoms with E-state index >= 15 is 0 Å². The molecule has 0 bridgehead atoms. The van der Waals surface area contributed by atoms with Crippen LogP contribution in [0.15, 0.2) is 41.3 Å². The lowest BCUT2D eigenvalue weighted by Gasteiger charge is -2.07. The Morgan fingerprint density at radius 2 is 2.20 bits per heavy atom. The van der Waals surface area contributed by atoms with Crippen molar-refractivity contribution in [1.82, 2.24) is 8.94 Å². The average Bonchev–Trinajstić information content (AvgIpc) is 2.74. The van der Waals surface area contributed by atoms with E-state index in [0.29, 0.717) is 5.00 Å². The molecule has 0 aliphatic carbocycles. The summed E-state index contributed by atoms with van der Waals surface area (Å²) in [4.78, 5) is 16.1. The SMILES string of the molecule is Cn1sc(Nc2cccc3ncccc23)c(C#N)c1=O. The Labute approximate surface area is 118 Å². The van der Waals surface area contributed by atoms with Crippen molar-refractivity contribution >= 4 is 33.1 Å². The maximum absolute atomic E-state index is 11.8. The normalized spacial score (nSPS) is 10.4. The van der Waals surface area contributed by atoms with Crippen LogP contribution in [0.25, 0.3) is 10.9 Å². The number of fused-ring (bicyclic) bond motifs is 1. The summed E-state index contributed by atoms with van der Waals surface area (Å²) in [6, 6.07) is 11.5. The second kappa shape index (κ2) is 4.79. The van der Waals surface area contributed by atoms with Gasteiger partial charge in [-0.3, -0.25) is 13.7 Å². The number of aryl methyl sites for hydroxylation is 1. The highest BCUT2D eigenvalue weighted by atomic mass is 32.1. The number of nitriles is 1. The second-order valence-electron chi connectivity index (χ2n) is 4.21. The Bertz CT molecular complexity index is 883. The van der Waals surface area contributed by atoms with E-state index in [1.54, 1.807) is 13.2 Å². The minimum Gasteiger partial charge on any atom is -0.344 e. The molecule has 0 saturated carbocycles. The van der Waals surface area contributed by atoms with Gasteiger partial charge >= 0.3 is 0 Å². The number of benzene rings is 1. The monoisotopic (exact) mass is 282 g/mol. The molecule has 2 heterocycles. The number of nitrogens with one attached hydrogen (secondary N) is 1.